The molecular formula is C14H24N2O. The molecule has 96 valence electrons. The van der Waals surface area contributed by atoms with Gasteiger partial charge in [-0.25, -0.2) is 0 Å². The van der Waals surface area contributed by atoms with E-state index in [1.54, 1.807) is 6.08 Å². The van der Waals surface area contributed by atoms with E-state index in [9.17, 15) is 5.11 Å². The maximum Gasteiger partial charge on any atom is 0.0995 e. The highest BCUT2D eigenvalue weighted by molar-refractivity contribution is 5.11. The van der Waals surface area contributed by atoms with Crippen molar-refractivity contribution in [2.24, 2.45) is 35.4 Å². The lowest BCUT2D eigenvalue weighted by atomic mass is 9.49. The second kappa shape index (κ2) is 4.08. The molecule has 4 saturated carbocycles. The number of nitrogens with one attached hydrogen (secondary N) is 1. The summed E-state index contributed by atoms with van der Waals surface area (Å²) in [5, 5.41) is 10.8. The predicted octanol–water partition coefficient (Wildman–Crippen LogP) is 1.44. The number of rotatable bonds is 4. The highest BCUT2D eigenvalue weighted by atomic mass is 16.3. The molecule has 0 saturated heterocycles. The molecule has 0 aliphatic heterocycles. The summed E-state index contributed by atoms with van der Waals surface area (Å²) < 4.78 is 0. The molecular weight excluding hydrogens is 212 g/mol. The summed E-state index contributed by atoms with van der Waals surface area (Å²) in [5.41, 5.74) is 1.84. The molecule has 0 aromatic rings. The van der Waals surface area contributed by atoms with Gasteiger partial charge >= 0.3 is 0 Å². The number of nitrogens with two attached hydrogens (primary N) is 1. The maximum atomic E-state index is 10.8. The molecule has 4 rings (SSSR count). The molecule has 1 unspecified atom stereocenters. The number of hydrogen-bond acceptors (Lipinski definition) is 3. The van der Waals surface area contributed by atoms with Crippen molar-refractivity contribution >= 4 is 0 Å². The zero-order valence-electron chi connectivity index (χ0n) is 10.4. The summed E-state index contributed by atoms with van der Waals surface area (Å²) in [5.74, 6) is 9.07. The fourth-order valence-electron chi connectivity index (χ4n) is 5.23. The van der Waals surface area contributed by atoms with Crippen LogP contribution in [-0.2, 0) is 0 Å². The van der Waals surface area contributed by atoms with E-state index < -0.39 is 5.60 Å². The van der Waals surface area contributed by atoms with Gasteiger partial charge in [0, 0.05) is 6.54 Å². The zero-order valence-corrected chi connectivity index (χ0v) is 10.4. The highest BCUT2D eigenvalue weighted by Gasteiger charge is 2.54. The Morgan fingerprint density at radius 3 is 2.12 bits per heavy atom. The van der Waals surface area contributed by atoms with Crippen molar-refractivity contribution in [3.63, 3.8) is 0 Å². The van der Waals surface area contributed by atoms with Crippen molar-refractivity contribution < 1.29 is 5.11 Å². The van der Waals surface area contributed by atoms with Crippen LogP contribution in [0.15, 0.2) is 12.7 Å². The molecule has 3 heteroatoms. The van der Waals surface area contributed by atoms with Crippen molar-refractivity contribution in [3.05, 3.63) is 12.7 Å². The first-order valence-electron chi connectivity index (χ1n) is 6.95. The smallest absolute Gasteiger partial charge is 0.0995 e. The van der Waals surface area contributed by atoms with Crippen molar-refractivity contribution in [2.75, 3.05) is 6.54 Å². The molecule has 4 aliphatic rings. The van der Waals surface area contributed by atoms with E-state index in [1.165, 1.54) is 32.1 Å². The van der Waals surface area contributed by atoms with Gasteiger partial charge < -0.3 is 5.11 Å². The molecule has 4 fully saturated rings. The van der Waals surface area contributed by atoms with Gasteiger partial charge in [-0.05, 0) is 61.7 Å². The number of hydrazine groups is 1. The summed E-state index contributed by atoms with van der Waals surface area (Å²) in [6, 6.07) is 0. The predicted molar refractivity (Wildman–Crippen MR) is 67.9 cm³/mol. The van der Waals surface area contributed by atoms with Crippen molar-refractivity contribution in [1.82, 2.24) is 5.43 Å². The summed E-state index contributed by atoms with van der Waals surface area (Å²) in [4.78, 5) is 0. The lowest BCUT2D eigenvalue weighted by molar-refractivity contribution is -0.119. The van der Waals surface area contributed by atoms with Crippen LogP contribution in [0.2, 0.25) is 0 Å². The Hall–Kier alpha value is -0.380. The van der Waals surface area contributed by atoms with Crippen molar-refractivity contribution in [1.29, 1.82) is 0 Å². The normalized spacial score (nSPS) is 46.8. The van der Waals surface area contributed by atoms with Gasteiger partial charge in [-0.15, -0.1) is 6.58 Å². The van der Waals surface area contributed by atoms with Gasteiger partial charge in [-0.2, -0.15) is 0 Å². The minimum absolute atomic E-state index is 0.379. The Morgan fingerprint density at radius 2 is 1.71 bits per heavy atom. The van der Waals surface area contributed by atoms with Crippen LogP contribution in [0.3, 0.4) is 0 Å². The van der Waals surface area contributed by atoms with Crippen LogP contribution in [0.5, 0.6) is 0 Å². The first-order chi connectivity index (χ1) is 8.16. The molecule has 3 nitrogen and oxygen atoms in total. The quantitative estimate of drug-likeness (QED) is 0.393. The Kier molecular flexibility index (Phi) is 2.80. The van der Waals surface area contributed by atoms with E-state index in [0.29, 0.717) is 24.3 Å². The van der Waals surface area contributed by atoms with Crippen LogP contribution in [0.1, 0.15) is 32.1 Å². The van der Waals surface area contributed by atoms with Gasteiger partial charge in [0.05, 0.1) is 5.60 Å². The molecule has 0 amide bonds. The molecule has 4 aliphatic carbocycles. The molecule has 0 spiro atoms. The van der Waals surface area contributed by atoms with E-state index in [0.717, 1.165) is 11.8 Å². The molecule has 0 heterocycles. The van der Waals surface area contributed by atoms with Gasteiger partial charge in [0.1, 0.15) is 0 Å². The Labute approximate surface area is 103 Å². The van der Waals surface area contributed by atoms with Crippen LogP contribution < -0.4 is 11.3 Å². The lowest BCUT2D eigenvalue weighted by Gasteiger charge is -2.58. The standard InChI is InChI=1S/C14H24N2O/c1-2-14(17,8-16-15)13-11-4-9-3-10(6-11)7-12(13)5-9/h2,9-13,16-17H,1,3-8,15H2. The maximum absolute atomic E-state index is 10.8. The van der Waals surface area contributed by atoms with Gasteiger partial charge in [0.25, 0.3) is 0 Å². The third kappa shape index (κ3) is 1.76. The summed E-state index contributed by atoms with van der Waals surface area (Å²) >= 11 is 0. The van der Waals surface area contributed by atoms with Crippen LogP contribution in [0.25, 0.3) is 0 Å². The van der Waals surface area contributed by atoms with E-state index in [4.69, 9.17) is 5.84 Å². The van der Waals surface area contributed by atoms with Crippen LogP contribution in [0.4, 0.5) is 0 Å². The zero-order chi connectivity index (χ0) is 12.0. The molecule has 0 aromatic carbocycles. The molecule has 17 heavy (non-hydrogen) atoms. The molecule has 4 N–H and O–H groups in total. The number of aliphatic hydroxyl groups is 1. The van der Waals surface area contributed by atoms with E-state index in [-0.39, 0.29) is 0 Å². The topological polar surface area (TPSA) is 58.3 Å². The Balaban J connectivity index is 1.85. The number of hydrogen-bond donors (Lipinski definition) is 3. The fourth-order valence-corrected chi connectivity index (χ4v) is 5.23. The third-order valence-corrected chi connectivity index (χ3v) is 5.54. The van der Waals surface area contributed by atoms with Crippen molar-refractivity contribution in [2.45, 2.75) is 37.7 Å². The molecule has 1 atom stereocenters. The first kappa shape index (κ1) is 11.7. The van der Waals surface area contributed by atoms with E-state index in [1.807, 2.05) is 0 Å². The van der Waals surface area contributed by atoms with Crippen LogP contribution in [-0.4, -0.2) is 17.3 Å². The second-order valence-electron chi connectivity index (χ2n) is 6.53. The summed E-state index contributed by atoms with van der Waals surface area (Å²) in [6.07, 6.45) is 8.44. The molecule has 0 radical (unpaired) electrons. The van der Waals surface area contributed by atoms with Gasteiger partial charge in [-0.3, -0.25) is 11.3 Å². The Bertz CT molecular complexity index is 289. The average Bonchev–Trinajstić information content (AvgIpc) is 2.27. The minimum atomic E-state index is -0.808. The molecule has 4 bridgehead atoms. The highest BCUT2D eigenvalue weighted by Crippen LogP contribution is 2.59. The van der Waals surface area contributed by atoms with Crippen molar-refractivity contribution in [3.8, 4) is 0 Å². The van der Waals surface area contributed by atoms with Gasteiger partial charge in [0.15, 0.2) is 0 Å². The monoisotopic (exact) mass is 236 g/mol. The summed E-state index contributed by atoms with van der Waals surface area (Å²) in [7, 11) is 0. The SMILES string of the molecule is C=CC(O)(CNN)C1C2CC3CC(C2)CC1C3. The fraction of sp³-hybridized carbons (Fsp3) is 0.857. The van der Waals surface area contributed by atoms with E-state index in [2.05, 4.69) is 12.0 Å². The largest absolute Gasteiger partial charge is 0.384 e. The third-order valence-electron chi connectivity index (χ3n) is 5.54. The first-order valence-corrected chi connectivity index (χ1v) is 6.95. The van der Waals surface area contributed by atoms with Gasteiger partial charge in [-0.1, -0.05) is 6.08 Å². The Morgan fingerprint density at radius 1 is 1.18 bits per heavy atom. The van der Waals surface area contributed by atoms with Crippen LogP contribution >= 0.6 is 0 Å². The van der Waals surface area contributed by atoms with E-state index >= 15 is 0 Å². The average molecular weight is 236 g/mol. The van der Waals surface area contributed by atoms with Crippen LogP contribution in [0, 0.1) is 29.6 Å². The van der Waals surface area contributed by atoms with Gasteiger partial charge in [0.2, 0.25) is 0 Å². The molecule has 0 aromatic heterocycles. The second-order valence-corrected chi connectivity index (χ2v) is 6.53. The lowest BCUT2D eigenvalue weighted by Crippen LogP contribution is -2.58. The minimum Gasteiger partial charge on any atom is -0.384 e. The summed E-state index contributed by atoms with van der Waals surface area (Å²) in [6.45, 7) is 4.27.